The lowest BCUT2D eigenvalue weighted by molar-refractivity contribution is 0.0729. The van der Waals surface area contributed by atoms with Crippen molar-refractivity contribution in [2.24, 2.45) is 0 Å². The number of ether oxygens (including phenoxy) is 1. The minimum atomic E-state index is -3.91. The molecule has 0 spiro atoms. The van der Waals surface area contributed by atoms with Gasteiger partial charge in [-0.2, -0.15) is 9.57 Å². The second kappa shape index (κ2) is 7.83. The lowest BCUT2D eigenvalue weighted by Crippen LogP contribution is -2.40. The van der Waals surface area contributed by atoms with Gasteiger partial charge in [0.05, 0.1) is 24.8 Å². The highest BCUT2D eigenvalue weighted by molar-refractivity contribution is 7.89. The third-order valence-corrected chi connectivity index (χ3v) is 5.99. The molecule has 2 aromatic rings. The Morgan fingerprint density at radius 1 is 1.19 bits per heavy atom. The van der Waals surface area contributed by atoms with E-state index >= 15 is 0 Å². The molecular formula is C18H18FN3O3S. The van der Waals surface area contributed by atoms with Gasteiger partial charge in [-0.1, -0.05) is 12.1 Å². The molecule has 0 atom stereocenters. The summed E-state index contributed by atoms with van der Waals surface area (Å²) in [5, 5.41) is 12.0. The van der Waals surface area contributed by atoms with Gasteiger partial charge in [0, 0.05) is 25.3 Å². The number of benzene rings is 2. The van der Waals surface area contributed by atoms with Crippen molar-refractivity contribution in [3.05, 3.63) is 59.4 Å². The fourth-order valence-electron chi connectivity index (χ4n) is 2.69. The number of nitriles is 1. The summed E-state index contributed by atoms with van der Waals surface area (Å²) in [5.74, 6) is -0.784. The fourth-order valence-corrected chi connectivity index (χ4v) is 4.19. The number of nitrogens with one attached hydrogen (secondary N) is 1. The predicted octanol–water partition coefficient (Wildman–Crippen LogP) is 2.33. The molecule has 0 unspecified atom stereocenters. The molecule has 0 amide bonds. The van der Waals surface area contributed by atoms with Crippen molar-refractivity contribution in [2.75, 3.05) is 31.6 Å². The Labute approximate surface area is 151 Å². The summed E-state index contributed by atoms with van der Waals surface area (Å²) < 4.78 is 45.9. The average molecular weight is 375 g/mol. The Kier molecular flexibility index (Phi) is 5.52. The van der Waals surface area contributed by atoms with E-state index in [4.69, 9.17) is 10.00 Å². The number of morpholine rings is 1. The summed E-state index contributed by atoms with van der Waals surface area (Å²) >= 11 is 0. The minimum Gasteiger partial charge on any atom is -0.381 e. The topological polar surface area (TPSA) is 82.4 Å². The van der Waals surface area contributed by atoms with E-state index in [9.17, 15) is 12.8 Å². The van der Waals surface area contributed by atoms with Gasteiger partial charge >= 0.3 is 0 Å². The van der Waals surface area contributed by atoms with Crippen LogP contribution in [0.1, 0.15) is 11.1 Å². The Hall–Kier alpha value is -2.47. The zero-order valence-corrected chi connectivity index (χ0v) is 14.8. The summed E-state index contributed by atoms with van der Waals surface area (Å²) in [6, 6.07) is 13.1. The van der Waals surface area contributed by atoms with Crippen LogP contribution < -0.4 is 5.32 Å². The van der Waals surface area contributed by atoms with E-state index in [-0.39, 0.29) is 18.0 Å². The summed E-state index contributed by atoms with van der Waals surface area (Å²) in [5.41, 5.74) is 1.89. The highest BCUT2D eigenvalue weighted by Gasteiger charge is 2.29. The third-order valence-electron chi connectivity index (χ3n) is 4.07. The van der Waals surface area contributed by atoms with Gasteiger partial charge in [0.15, 0.2) is 0 Å². The van der Waals surface area contributed by atoms with Crippen LogP contribution in [0.25, 0.3) is 0 Å². The van der Waals surface area contributed by atoms with Crippen molar-refractivity contribution < 1.29 is 17.5 Å². The zero-order chi connectivity index (χ0) is 18.6. The molecule has 0 bridgehead atoms. The van der Waals surface area contributed by atoms with Crippen molar-refractivity contribution in [3.8, 4) is 6.07 Å². The molecule has 0 aromatic heterocycles. The molecule has 1 fully saturated rings. The molecule has 0 saturated carbocycles. The van der Waals surface area contributed by atoms with Crippen molar-refractivity contribution in [3.63, 3.8) is 0 Å². The SMILES string of the molecule is N#Cc1cccc(CNc2ccc(F)c(S(=O)(=O)N3CCOCC3)c2)c1. The summed E-state index contributed by atoms with van der Waals surface area (Å²) in [7, 11) is -3.91. The molecule has 1 N–H and O–H groups in total. The van der Waals surface area contributed by atoms with Crippen LogP contribution >= 0.6 is 0 Å². The molecular weight excluding hydrogens is 357 g/mol. The maximum Gasteiger partial charge on any atom is 0.246 e. The molecule has 1 aliphatic heterocycles. The minimum absolute atomic E-state index is 0.209. The monoisotopic (exact) mass is 375 g/mol. The number of sulfonamides is 1. The zero-order valence-electron chi connectivity index (χ0n) is 14.0. The van der Waals surface area contributed by atoms with Gasteiger partial charge in [-0.3, -0.25) is 0 Å². The summed E-state index contributed by atoms with van der Waals surface area (Å²) in [6.45, 7) is 1.40. The predicted molar refractivity (Wildman–Crippen MR) is 94.5 cm³/mol. The Balaban J connectivity index is 1.80. The second-order valence-corrected chi connectivity index (χ2v) is 7.73. The van der Waals surface area contributed by atoms with Crippen LogP contribution in [0.4, 0.5) is 10.1 Å². The number of rotatable bonds is 5. The summed E-state index contributed by atoms with van der Waals surface area (Å²) in [4.78, 5) is -0.352. The third kappa shape index (κ3) is 4.02. The van der Waals surface area contributed by atoms with E-state index in [2.05, 4.69) is 11.4 Å². The standard InChI is InChI=1S/C18H18FN3O3S/c19-17-5-4-16(21-13-15-3-1-2-14(10-15)12-20)11-18(17)26(23,24)22-6-8-25-9-7-22/h1-5,10-11,21H,6-9,13H2. The smallest absolute Gasteiger partial charge is 0.246 e. The Bertz CT molecular complexity index is 935. The first-order valence-electron chi connectivity index (χ1n) is 8.11. The molecule has 26 heavy (non-hydrogen) atoms. The highest BCUT2D eigenvalue weighted by atomic mass is 32.2. The van der Waals surface area contributed by atoms with E-state index < -0.39 is 15.8 Å². The lowest BCUT2D eigenvalue weighted by Gasteiger charge is -2.26. The maximum atomic E-state index is 14.2. The van der Waals surface area contributed by atoms with Gasteiger partial charge in [0.25, 0.3) is 0 Å². The molecule has 3 rings (SSSR count). The van der Waals surface area contributed by atoms with Gasteiger partial charge < -0.3 is 10.1 Å². The van der Waals surface area contributed by atoms with Gasteiger partial charge in [0.2, 0.25) is 10.0 Å². The van der Waals surface area contributed by atoms with Gasteiger partial charge in [0.1, 0.15) is 10.7 Å². The van der Waals surface area contributed by atoms with Crippen molar-refractivity contribution in [2.45, 2.75) is 11.4 Å². The first-order valence-corrected chi connectivity index (χ1v) is 9.55. The first-order chi connectivity index (χ1) is 12.5. The molecule has 136 valence electrons. The molecule has 1 aliphatic rings. The van der Waals surface area contributed by atoms with Crippen LogP contribution in [0.3, 0.4) is 0 Å². The normalized spacial score (nSPS) is 15.4. The molecule has 6 nitrogen and oxygen atoms in total. The van der Waals surface area contributed by atoms with Crippen molar-refractivity contribution in [1.29, 1.82) is 5.26 Å². The molecule has 1 saturated heterocycles. The van der Waals surface area contributed by atoms with E-state index in [1.807, 2.05) is 6.07 Å². The number of nitrogens with zero attached hydrogens (tertiary/aromatic N) is 2. The van der Waals surface area contributed by atoms with Crippen LogP contribution in [0.2, 0.25) is 0 Å². The second-order valence-electron chi connectivity index (χ2n) is 5.83. The average Bonchev–Trinajstić information content (AvgIpc) is 2.68. The van der Waals surface area contributed by atoms with Crippen LogP contribution in [0.5, 0.6) is 0 Å². The molecule has 0 aliphatic carbocycles. The Morgan fingerprint density at radius 3 is 2.69 bits per heavy atom. The number of halogens is 1. The van der Waals surface area contributed by atoms with E-state index in [1.54, 1.807) is 18.2 Å². The molecule has 1 heterocycles. The van der Waals surface area contributed by atoms with E-state index in [0.717, 1.165) is 11.6 Å². The van der Waals surface area contributed by atoms with Crippen LogP contribution in [-0.2, 0) is 21.3 Å². The highest BCUT2D eigenvalue weighted by Crippen LogP contribution is 2.24. The largest absolute Gasteiger partial charge is 0.381 e. The molecule has 8 heteroatoms. The lowest BCUT2D eigenvalue weighted by atomic mass is 10.1. The van der Waals surface area contributed by atoms with Crippen molar-refractivity contribution >= 4 is 15.7 Å². The van der Waals surface area contributed by atoms with E-state index in [0.29, 0.717) is 31.0 Å². The van der Waals surface area contributed by atoms with E-state index in [1.165, 1.54) is 16.4 Å². The quantitative estimate of drug-likeness (QED) is 0.867. The van der Waals surface area contributed by atoms with Crippen LogP contribution in [0, 0.1) is 17.1 Å². The first kappa shape index (κ1) is 18.3. The maximum absolute atomic E-state index is 14.2. The van der Waals surface area contributed by atoms with Gasteiger partial charge in [-0.15, -0.1) is 0 Å². The Morgan fingerprint density at radius 2 is 1.96 bits per heavy atom. The fraction of sp³-hybridized carbons (Fsp3) is 0.278. The van der Waals surface area contributed by atoms with Gasteiger partial charge in [-0.25, -0.2) is 12.8 Å². The summed E-state index contributed by atoms with van der Waals surface area (Å²) in [6.07, 6.45) is 0. The number of hydrogen-bond donors (Lipinski definition) is 1. The van der Waals surface area contributed by atoms with Crippen molar-refractivity contribution in [1.82, 2.24) is 4.31 Å². The van der Waals surface area contributed by atoms with Crippen LogP contribution in [-0.4, -0.2) is 39.0 Å². The number of hydrogen-bond acceptors (Lipinski definition) is 5. The van der Waals surface area contributed by atoms with Gasteiger partial charge in [-0.05, 0) is 35.9 Å². The van der Waals surface area contributed by atoms with Crippen LogP contribution in [0.15, 0.2) is 47.4 Å². The number of anilines is 1. The molecule has 0 radical (unpaired) electrons. The molecule has 2 aromatic carbocycles.